The summed E-state index contributed by atoms with van der Waals surface area (Å²) in [6.07, 6.45) is 0. The number of nitrogens with one attached hydrogen (secondary N) is 2. The van der Waals surface area contributed by atoms with E-state index < -0.39 is 0 Å². The number of thiazole rings is 1. The molecule has 7 heteroatoms. The highest BCUT2D eigenvalue weighted by Crippen LogP contribution is 2.26. The summed E-state index contributed by atoms with van der Waals surface area (Å²) in [7, 11) is 3.15. The van der Waals surface area contributed by atoms with Gasteiger partial charge in [0, 0.05) is 18.0 Å². The molecule has 132 valence electrons. The summed E-state index contributed by atoms with van der Waals surface area (Å²) in [5.41, 5.74) is 2.04. The Morgan fingerprint density at radius 2 is 1.77 bits per heavy atom. The lowest BCUT2D eigenvalue weighted by Crippen LogP contribution is -2.21. The van der Waals surface area contributed by atoms with Crippen molar-refractivity contribution in [2.45, 2.75) is 0 Å². The lowest BCUT2D eigenvalue weighted by Gasteiger charge is -2.08. The van der Waals surface area contributed by atoms with E-state index in [0.717, 1.165) is 16.3 Å². The molecular weight excluding hydrogens is 350 g/mol. The van der Waals surface area contributed by atoms with Gasteiger partial charge in [-0.1, -0.05) is 12.1 Å². The zero-order valence-electron chi connectivity index (χ0n) is 14.3. The Labute approximate surface area is 154 Å². The maximum absolute atomic E-state index is 12.5. The van der Waals surface area contributed by atoms with Gasteiger partial charge in [0.05, 0.1) is 18.4 Å². The lowest BCUT2D eigenvalue weighted by molar-refractivity contribution is 0.0964. The van der Waals surface area contributed by atoms with Crippen molar-refractivity contribution in [3.8, 4) is 16.3 Å². The third kappa shape index (κ3) is 3.73. The van der Waals surface area contributed by atoms with Crippen molar-refractivity contribution in [2.24, 2.45) is 0 Å². The second-order valence-corrected chi connectivity index (χ2v) is 6.20. The van der Waals surface area contributed by atoms with E-state index in [4.69, 9.17) is 4.74 Å². The van der Waals surface area contributed by atoms with Crippen LogP contribution in [-0.4, -0.2) is 31.0 Å². The first kappa shape index (κ1) is 17.6. The highest BCUT2D eigenvalue weighted by molar-refractivity contribution is 7.13. The maximum atomic E-state index is 12.5. The highest BCUT2D eigenvalue weighted by atomic mass is 32.1. The minimum Gasteiger partial charge on any atom is -0.497 e. The number of rotatable bonds is 5. The van der Waals surface area contributed by atoms with Crippen LogP contribution in [0.5, 0.6) is 5.75 Å². The number of ether oxygens (including phenoxy) is 1. The number of methoxy groups -OCH3 is 1. The molecule has 0 saturated carbocycles. The average Bonchev–Trinajstić information content (AvgIpc) is 3.18. The third-order valence-corrected chi connectivity index (χ3v) is 4.61. The van der Waals surface area contributed by atoms with Crippen LogP contribution in [-0.2, 0) is 0 Å². The van der Waals surface area contributed by atoms with Crippen molar-refractivity contribution in [1.29, 1.82) is 0 Å². The summed E-state index contributed by atoms with van der Waals surface area (Å²) >= 11 is 1.38. The molecule has 0 spiro atoms. The lowest BCUT2D eigenvalue weighted by atomic mass is 10.1. The van der Waals surface area contributed by atoms with Gasteiger partial charge in [0.15, 0.2) is 0 Å². The van der Waals surface area contributed by atoms with Crippen molar-refractivity contribution in [2.75, 3.05) is 19.5 Å². The van der Waals surface area contributed by atoms with Gasteiger partial charge in [0.1, 0.15) is 16.5 Å². The average molecular weight is 367 g/mol. The maximum Gasteiger partial charge on any atom is 0.275 e. The van der Waals surface area contributed by atoms with E-state index in [0.29, 0.717) is 16.9 Å². The van der Waals surface area contributed by atoms with Gasteiger partial charge in [0.25, 0.3) is 11.8 Å². The van der Waals surface area contributed by atoms with Crippen molar-refractivity contribution in [3.63, 3.8) is 0 Å². The molecule has 3 aromatic rings. The van der Waals surface area contributed by atoms with Gasteiger partial charge < -0.3 is 15.4 Å². The fourth-order valence-corrected chi connectivity index (χ4v) is 3.16. The van der Waals surface area contributed by atoms with E-state index in [1.807, 2.05) is 24.3 Å². The molecule has 0 aliphatic rings. The summed E-state index contributed by atoms with van der Waals surface area (Å²) < 4.78 is 5.14. The van der Waals surface area contributed by atoms with Crippen LogP contribution in [0.3, 0.4) is 0 Å². The molecule has 0 bridgehead atoms. The van der Waals surface area contributed by atoms with Gasteiger partial charge in [-0.2, -0.15) is 0 Å². The van der Waals surface area contributed by atoms with Crippen LogP contribution in [0.1, 0.15) is 20.8 Å². The standard InChI is InChI=1S/C19H17N3O3S/c1-20-17(23)14-5-3-4-6-15(14)21-18(24)16-11-26-19(22-16)12-7-9-13(25-2)10-8-12/h3-11H,1-2H3,(H,20,23)(H,21,24). The fourth-order valence-electron chi connectivity index (χ4n) is 2.36. The molecule has 2 N–H and O–H groups in total. The molecule has 0 saturated heterocycles. The molecule has 0 aliphatic heterocycles. The molecule has 1 aromatic heterocycles. The number of hydrogen-bond donors (Lipinski definition) is 2. The topological polar surface area (TPSA) is 80.3 Å². The normalized spacial score (nSPS) is 10.2. The molecule has 2 aromatic carbocycles. The van der Waals surface area contributed by atoms with Crippen molar-refractivity contribution in [3.05, 3.63) is 65.2 Å². The second kappa shape index (κ2) is 7.79. The first-order valence-corrected chi connectivity index (χ1v) is 8.72. The molecule has 6 nitrogen and oxygen atoms in total. The largest absolute Gasteiger partial charge is 0.497 e. The smallest absolute Gasteiger partial charge is 0.275 e. The molecule has 2 amide bonds. The van der Waals surface area contributed by atoms with E-state index in [9.17, 15) is 9.59 Å². The Morgan fingerprint density at radius 3 is 2.46 bits per heavy atom. The molecule has 26 heavy (non-hydrogen) atoms. The number of carbonyl (C=O) groups excluding carboxylic acids is 2. The van der Waals surface area contributed by atoms with Crippen molar-refractivity contribution in [1.82, 2.24) is 10.3 Å². The Hall–Kier alpha value is -3.19. The number of nitrogens with zero attached hydrogens (tertiary/aromatic N) is 1. The van der Waals surface area contributed by atoms with E-state index in [1.54, 1.807) is 43.8 Å². The molecule has 0 aliphatic carbocycles. The van der Waals surface area contributed by atoms with Crippen LogP contribution >= 0.6 is 11.3 Å². The summed E-state index contributed by atoms with van der Waals surface area (Å²) in [6, 6.07) is 14.3. The zero-order chi connectivity index (χ0) is 18.5. The van der Waals surface area contributed by atoms with Crippen molar-refractivity contribution < 1.29 is 14.3 Å². The number of anilines is 1. The summed E-state index contributed by atoms with van der Waals surface area (Å²) in [6.45, 7) is 0. The van der Waals surface area contributed by atoms with E-state index in [2.05, 4.69) is 15.6 Å². The zero-order valence-corrected chi connectivity index (χ0v) is 15.1. The Bertz CT molecular complexity index is 935. The number of amides is 2. The summed E-state index contributed by atoms with van der Waals surface area (Å²) in [5, 5.41) is 7.73. The van der Waals surface area contributed by atoms with Crippen LogP contribution in [0.25, 0.3) is 10.6 Å². The van der Waals surface area contributed by atoms with Gasteiger partial charge in [0.2, 0.25) is 0 Å². The third-order valence-electron chi connectivity index (χ3n) is 3.72. The quantitative estimate of drug-likeness (QED) is 0.724. The number of benzene rings is 2. The number of aromatic nitrogens is 1. The van der Waals surface area contributed by atoms with Crippen LogP contribution < -0.4 is 15.4 Å². The molecular formula is C19H17N3O3S. The van der Waals surface area contributed by atoms with E-state index in [-0.39, 0.29) is 11.8 Å². The van der Waals surface area contributed by atoms with Crippen LogP contribution in [0.2, 0.25) is 0 Å². The van der Waals surface area contributed by atoms with Gasteiger partial charge in [-0.15, -0.1) is 11.3 Å². The minimum absolute atomic E-state index is 0.266. The van der Waals surface area contributed by atoms with Crippen LogP contribution in [0.4, 0.5) is 5.69 Å². The molecule has 0 radical (unpaired) electrons. The second-order valence-electron chi connectivity index (χ2n) is 5.35. The first-order chi connectivity index (χ1) is 12.6. The van der Waals surface area contributed by atoms with E-state index in [1.165, 1.54) is 11.3 Å². The predicted octanol–water partition coefficient (Wildman–Crippen LogP) is 3.43. The Morgan fingerprint density at radius 1 is 1.04 bits per heavy atom. The molecule has 1 heterocycles. The summed E-state index contributed by atoms with van der Waals surface area (Å²) in [4.78, 5) is 28.8. The fraction of sp³-hybridized carbons (Fsp3) is 0.105. The monoisotopic (exact) mass is 367 g/mol. The molecule has 3 rings (SSSR count). The number of hydrogen-bond acceptors (Lipinski definition) is 5. The molecule has 0 fully saturated rings. The number of para-hydroxylation sites is 1. The Kier molecular flexibility index (Phi) is 5.28. The summed E-state index contributed by atoms with van der Waals surface area (Å²) in [5.74, 6) is 0.129. The Balaban J connectivity index is 1.79. The predicted molar refractivity (Wildman–Crippen MR) is 102 cm³/mol. The number of carbonyl (C=O) groups is 2. The van der Waals surface area contributed by atoms with Crippen LogP contribution in [0, 0.1) is 0 Å². The SMILES string of the molecule is CNC(=O)c1ccccc1NC(=O)c1csc(-c2ccc(OC)cc2)n1. The van der Waals surface area contributed by atoms with Crippen molar-refractivity contribution >= 4 is 28.8 Å². The van der Waals surface area contributed by atoms with Gasteiger partial charge >= 0.3 is 0 Å². The molecule has 0 unspecified atom stereocenters. The molecule has 0 atom stereocenters. The van der Waals surface area contributed by atoms with Gasteiger partial charge in [-0.25, -0.2) is 4.98 Å². The van der Waals surface area contributed by atoms with Gasteiger partial charge in [-0.3, -0.25) is 9.59 Å². The van der Waals surface area contributed by atoms with Gasteiger partial charge in [-0.05, 0) is 36.4 Å². The highest BCUT2D eigenvalue weighted by Gasteiger charge is 2.16. The first-order valence-electron chi connectivity index (χ1n) is 7.85. The minimum atomic E-state index is -0.364. The van der Waals surface area contributed by atoms with Crippen LogP contribution in [0.15, 0.2) is 53.9 Å². The van der Waals surface area contributed by atoms with E-state index >= 15 is 0 Å².